The molecule has 0 heterocycles. The minimum atomic E-state index is 0.163. The Morgan fingerprint density at radius 1 is 1.05 bits per heavy atom. The molecule has 20 heavy (non-hydrogen) atoms. The van der Waals surface area contributed by atoms with Crippen molar-refractivity contribution in [1.82, 2.24) is 16.0 Å². The smallest absolute Gasteiger partial charge is 0.191 e. The minimum Gasteiger partial charge on any atom is -0.382 e. The molecule has 5 heteroatoms. The molecule has 0 fully saturated rings. The fraction of sp³-hybridized carbons (Fsp3) is 0.933. The van der Waals surface area contributed by atoms with Crippen LogP contribution in [0.3, 0.4) is 0 Å². The first kappa shape index (κ1) is 19.2. The number of hydrogen-bond donors (Lipinski definition) is 3. The molecule has 0 rings (SSSR count). The van der Waals surface area contributed by atoms with Crippen molar-refractivity contribution in [3.8, 4) is 0 Å². The summed E-state index contributed by atoms with van der Waals surface area (Å²) >= 11 is 0. The highest BCUT2D eigenvalue weighted by Crippen LogP contribution is 1.96. The normalized spacial score (nSPS) is 12.6. The van der Waals surface area contributed by atoms with Gasteiger partial charge in [0.05, 0.1) is 0 Å². The molecule has 0 aromatic carbocycles. The van der Waals surface area contributed by atoms with Crippen molar-refractivity contribution < 1.29 is 4.74 Å². The molecule has 120 valence electrons. The predicted molar refractivity (Wildman–Crippen MR) is 87.5 cm³/mol. The van der Waals surface area contributed by atoms with Gasteiger partial charge in [0.25, 0.3) is 0 Å². The molecular formula is C15H34N4O. The third-order valence-corrected chi connectivity index (χ3v) is 2.59. The molecular weight excluding hydrogens is 252 g/mol. The van der Waals surface area contributed by atoms with Crippen LogP contribution < -0.4 is 16.0 Å². The van der Waals surface area contributed by atoms with E-state index in [1.165, 1.54) is 0 Å². The lowest BCUT2D eigenvalue weighted by molar-refractivity contribution is 0.144. The summed E-state index contributed by atoms with van der Waals surface area (Å²) in [4.78, 5) is 4.56. The summed E-state index contributed by atoms with van der Waals surface area (Å²) in [7, 11) is 0. The summed E-state index contributed by atoms with van der Waals surface area (Å²) < 4.78 is 5.31. The fourth-order valence-electron chi connectivity index (χ4n) is 1.61. The van der Waals surface area contributed by atoms with Gasteiger partial charge in [0.2, 0.25) is 0 Å². The maximum Gasteiger partial charge on any atom is 0.191 e. The number of rotatable bonds is 10. The molecule has 0 aliphatic carbocycles. The van der Waals surface area contributed by atoms with Gasteiger partial charge in [0, 0.05) is 44.9 Å². The van der Waals surface area contributed by atoms with E-state index in [2.05, 4.69) is 48.6 Å². The Labute approximate surface area is 125 Å². The van der Waals surface area contributed by atoms with Crippen molar-refractivity contribution in [1.29, 1.82) is 0 Å². The second-order valence-electron chi connectivity index (χ2n) is 5.77. The van der Waals surface area contributed by atoms with Gasteiger partial charge < -0.3 is 20.7 Å². The lowest BCUT2D eigenvalue weighted by atomic mass is 10.1. The number of nitrogens with one attached hydrogen (secondary N) is 3. The quantitative estimate of drug-likeness (QED) is 0.325. The Bertz CT molecular complexity index is 249. The maximum absolute atomic E-state index is 5.31. The summed E-state index contributed by atoms with van der Waals surface area (Å²) in [6, 6.07) is 0. The van der Waals surface area contributed by atoms with Crippen LogP contribution in [0.5, 0.6) is 0 Å². The number of guanidine groups is 1. The van der Waals surface area contributed by atoms with Crippen LogP contribution in [0.2, 0.25) is 0 Å². The molecule has 0 saturated carbocycles. The zero-order valence-electron chi connectivity index (χ0n) is 14.0. The van der Waals surface area contributed by atoms with Crippen LogP contribution in [0, 0.1) is 0 Å². The van der Waals surface area contributed by atoms with Gasteiger partial charge in [0.15, 0.2) is 5.96 Å². The molecule has 0 aliphatic rings. The SMILES string of the molecule is CCNC(=NCCCCOCC)NCCNC(C)(C)C. The van der Waals surface area contributed by atoms with Gasteiger partial charge in [-0.3, -0.25) is 4.99 Å². The molecule has 0 saturated heterocycles. The maximum atomic E-state index is 5.31. The zero-order valence-corrected chi connectivity index (χ0v) is 14.0. The summed E-state index contributed by atoms with van der Waals surface area (Å²) in [5.41, 5.74) is 0.163. The van der Waals surface area contributed by atoms with Gasteiger partial charge >= 0.3 is 0 Å². The number of aliphatic imine (C=N–C) groups is 1. The Hall–Kier alpha value is -0.810. The zero-order chi connectivity index (χ0) is 15.3. The van der Waals surface area contributed by atoms with Gasteiger partial charge in [-0.1, -0.05) is 0 Å². The number of nitrogens with zero attached hydrogens (tertiary/aromatic N) is 1. The molecule has 0 atom stereocenters. The Kier molecular flexibility index (Phi) is 11.5. The fourth-order valence-corrected chi connectivity index (χ4v) is 1.61. The van der Waals surface area contributed by atoms with Crippen LogP contribution in [0.15, 0.2) is 4.99 Å². The average Bonchev–Trinajstić information content (AvgIpc) is 2.37. The molecule has 0 bridgehead atoms. The molecule has 3 N–H and O–H groups in total. The van der Waals surface area contributed by atoms with Gasteiger partial charge in [-0.15, -0.1) is 0 Å². The lowest BCUT2D eigenvalue weighted by Crippen LogP contribution is -2.44. The number of unbranched alkanes of at least 4 members (excludes halogenated alkanes) is 1. The molecule has 0 radical (unpaired) electrons. The molecule has 0 spiro atoms. The summed E-state index contributed by atoms with van der Waals surface area (Å²) in [5, 5.41) is 10.1. The standard InChI is InChI=1S/C15H34N4O/c1-6-16-14(17-10-8-9-13-20-7-2)18-11-12-19-15(3,4)5/h19H,6-13H2,1-5H3,(H2,16,17,18). The number of ether oxygens (including phenoxy) is 1. The van der Waals surface area contributed by atoms with Crippen molar-refractivity contribution in [2.45, 2.75) is 53.0 Å². The molecule has 0 aromatic rings. The molecule has 0 aromatic heterocycles. The van der Waals surface area contributed by atoms with Crippen LogP contribution in [0.4, 0.5) is 0 Å². The molecule has 0 aliphatic heterocycles. The van der Waals surface area contributed by atoms with Crippen molar-refractivity contribution >= 4 is 5.96 Å². The van der Waals surface area contributed by atoms with Crippen molar-refractivity contribution in [3.63, 3.8) is 0 Å². The third-order valence-electron chi connectivity index (χ3n) is 2.59. The molecule has 0 unspecified atom stereocenters. The lowest BCUT2D eigenvalue weighted by Gasteiger charge is -2.21. The Morgan fingerprint density at radius 2 is 1.80 bits per heavy atom. The monoisotopic (exact) mass is 286 g/mol. The van der Waals surface area contributed by atoms with Gasteiger partial charge in [-0.2, -0.15) is 0 Å². The summed E-state index contributed by atoms with van der Waals surface area (Å²) in [5.74, 6) is 0.902. The van der Waals surface area contributed by atoms with Crippen LogP contribution in [-0.2, 0) is 4.74 Å². The Morgan fingerprint density at radius 3 is 2.40 bits per heavy atom. The van der Waals surface area contributed by atoms with E-state index in [1.807, 2.05) is 6.92 Å². The second kappa shape index (κ2) is 12.0. The Balaban J connectivity index is 3.78. The van der Waals surface area contributed by atoms with Crippen LogP contribution in [-0.4, -0.2) is 50.9 Å². The van der Waals surface area contributed by atoms with Gasteiger partial charge in [-0.05, 0) is 47.5 Å². The highest BCUT2D eigenvalue weighted by Gasteiger charge is 2.07. The van der Waals surface area contributed by atoms with Gasteiger partial charge in [-0.25, -0.2) is 0 Å². The summed E-state index contributed by atoms with van der Waals surface area (Å²) in [6.45, 7) is 15.8. The van der Waals surface area contributed by atoms with E-state index < -0.39 is 0 Å². The van der Waals surface area contributed by atoms with E-state index >= 15 is 0 Å². The topological polar surface area (TPSA) is 57.7 Å². The van der Waals surface area contributed by atoms with E-state index in [1.54, 1.807) is 0 Å². The van der Waals surface area contributed by atoms with E-state index in [9.17, 15) is 0 Å². The van der Waals surface area contributed by atoms with Gasteiger partial charge in [0.1, 0.15) is 0 Å². The highest BCUT2D eigenvalue weighted by atomic mass is 16.5. The van der Waals surface area contributed by atoms with Crippen LogP contribution in [0.25, 0.3) is 0 Å². The third kappa shape index (κ3) is 13.6. The predicted octanol–water partition coefficient (Wildman–Crippen LogP) is 1.75. The average molecular weight is 286 g/mol. The largest absolute Gasteiger partial charge is 0.382 e. The van der Waals surface area contributed by atoms with E-state index in [-0.39, 0.29) is 5.54 Å². The van der Waals surface area contributed by atoms with Crippen molar-refractivity contribution in [2.24, 2.45) is 4.99 Å². The first-order valence-electron chi connectivity index (χ1n) is 7.84. The highest BCUT2D eigenvalue weighted by molar-refractivity contribution is 5.79. The first-order chi connectivity index (χ1) is 9.49. The first-order valence-corrected chi connectivity index (χ1v) is 7.84. The van der Waals surface area contributed by atoms with Crippen molar-refractivity contribution in [2.75, 3.05) is 39.4 Å². The van der Waals surface area contributed by atoms with Crippen LogP contribution >= 0.6 is 0 Å². The van der Waals surface area contributed by atoms with E-state index in [0.29, 0.717) is 0 Å². The minimum absolute atomic E-state index is 0.163. The molecule has 0 amide bonds. The van der Waals surface area contributed by atoms with Crippen molar-refractivity contribution in [3.05, 3.63) is 0 Å². The second-order valence-corrected chi connectivity index (χ2v) is 5.77. The summed E-state index contributed by atoms with van der Waals surface area (Å²) in [6.07, 6.45) is 2.14. The van der Waals surface area contributed by atoms with Crippen LogP contribution in [0.1, 0.15) is 47.5 Å². The van der Waals surface area contributed by atoms with E-state index in [4.69, 9.17) is 4.74 Å². The van der Waals surface area contributed by atoms with E-state index in [0.717, 1.165) is 58.2 Å². The molecule has 5 nitrogen and oxygen atoms in total. The number of hydrogen-bond acceptors (Lipinski definition) is 3.